The van der Waals surface area contributed by atoms with Gasteiger partial charge in [0.05, 0.1) is 25.3 Å². The molecule has 3 atom stereocenters. The Morgan fingerprint density at radius 2 is 1.45 bits per heavy atom. The van der Waals surface area contributed by atoms with Crippen LogP contribution in [0.3, 0.4) is 0 Å². The summed E-state index contributed by atoms with van der Waals surface area (Å²) in [5, 5.41) is 13.9. The van der Waals surface area contributed by atoms with E-state index in [4.69, 9.17) is 9.47 Å². The Labute approximate surface area is 287 Å². The Morgan fingerprint density at radius 1 is 0.857 bits per heavy atom. The number of para-hydroxylation sites is 2. The van der Waals surface area contributed by atoms with Crippen LogP contribution in [0.15, 0.2) is 115 Å². The lowest BCUT2D eigenvalue weighted by Gasteiger charge is -2.41. The molecule has 2 aliphatic heterocycles. The maximum Gasteiger partial charge on any atom is 0.412 e. The highest BCUT2D eigenvalue weighted by Crippen LogP contribution is 2.53. The second-order valence-electron chi connectivity index (χ2n) is 14.5. The van der Waals surface area contributed by atoms with Crippen LogP contribution in [-0.2, 0) is 32.8 Å². The van der Waals surface area contributed by atoms with E-state index in [1.54, 1.807) is 18.7 Å². The van der Waals surface area contributed by atoms with E-state index >= 15 is 4.79 Å². The van der Waals surface area contributed by atoms with Crippen LogP contribution in [0.4, 0.5) is 10.5 Å². The fourth-order valence-electron chi connectivity index (χ4n) is 7.60. The third-order valence-corrected chi connectivity index (χ3v) is 9.71. The van der Waals surface area contributed by atoms with Crippen molar-refractivity contribution in [2.45, 2.75) is 76.6 Å². The molecule has 0 unspecified atom stereocenters. The second-order valence-corrected chi connectivity index (χ2v) is 14.5. The van der Waals surface area contributed by atoms with E-state index in [0.717, 1.165) is 27.7 Å². The van der Waals surface area contributed by atoms with E-state index in [2.05, 4.69) is 16.7 Å². The summed E-state index contributed by atoms with van der Waals surface area (Å²) >= 11 is 0. The molecule has 4 aromatic carbocycles. The number of aromatic nitrogens is 1. The van der Waals surface area contributed by atoms with Crippen molar-refractivity contribution in [2.75, 3.05) is 11.5 Å². The first kappa shape index (κ1) is 32.6. The number of rotatable bonds is 7. The number of ether oxygens (including phenoxy) is 2. The molecule has 252 valence electrons. The summed E-state index contributed by atoms with van der Waals surface area (Å²) in [5.74, 6) is -0.262. The summed E-state index contributed by atoms with van der Waals surface area (Å²) in [6.07, 6.45) is -0.00634. The number of carbonyl (C=O) groups excluding carboxylic acids is 2. The summed E-state index contributed by atoms with van der Waals surface area (Å²) in [6, 6.07) is 34.8. The molecule has 0 bridgehead atoms. The Bertz CT molecular complexity index is 2000. The lowest BCUT2D eigenvalue weighted by Crippen LogP contribution is -2.61. The topological polar surface area (TPSA) is 84.2 Å². The van der Waals surface area contributed by atoms with E-state index in [1.165, 1.54) is 4.90 Å². The molecule has 1 N–H and O–H groups in total. The second kappa shape index (κ2) is 12.2. The average molecular weight is 658 g/mol. The fourth-order valence-corrected chi connectivity index (χ4v) is 7.60. The first-order chi connectivity index (χ1) is 23.4. The van der Waals surface area contributed by atoms with Crippen molar-refractivity contribution < 1.29 is 24.2 Å². The van der Waals surface area contributed by atoms with Crippen molar-refractivity contribution >= 4 is 28.6 Å². The maximum absolute atomic E-state index is 15.5. The number of hydrogen-bond donors (Lipinski definition) is 1. The summed E-state index contributed by atoms with van der Waals surface area (Å²) < 4.78 is 14.2. The Morgan fingerprint density at radius 3 is 2.12 bits per heavy atom. The zero-order valence-corrected chi connectivity index (χ0v) is 28.7. The first-order valence-corrected chi connectivity index (χ1v) is 16.8. The highest BCUT2D eigenvalue weighted by molar-refractivity contribution is 6.13. The van der Waals surface area contributed by atoms with Crippen LogP contribution in [0.5, 0.6) is 0 Å². The third kappa shape index (κ3) is 5.59. The molecule has 0 aliphatic carbocycles. The summed E-state index contributed by atoms with van der Waals surface area (Å²) in [4.78, 5) is 32.7. The van der Waals surface area contributed by atoms with E-state index in [0.29, 0.717) is 24.2 Å². The average Bonchev–Trinajstić information content (AvgIpc) is 3.68. The van der Waals surface area contributed by atoms with Gasteiger partial charge in [-0.2, -0.15) is 0 Å². The molecule has 3 heterocycles. The third-order valence-electron chi connectivity index (χ3n) is 9.71. The number of benzene rings is 4. The SMILES string of the molecule is CC(C)(C)OC(=O)N1[C@H]([C@H](O)[C@]2(c3cn(Cc4ccccc4)c4ccccc34)C(=O)N(Cc3ccccc3)c3ccccc32)COC1(C)C. The zero-order chi connectivity index (χ0) is 34.6. The van der Waals surface area contributed by atoms with Gasteiger partial charge in [-0.3, -0.25) is 9.69 Å². The van der Waals surface area contributed by atoms with Crippen LogP contribution in [-0.4, -0.2) is 56.7 Å². The molecule has 5 aromatic rings. The molecule has 49 heavy (non-hydrogen) atoms. The largest absolute Gasteiger partial charge is 0.444 e. The van der Waals surface area contributed by atoms with E-state index in [-0.39, 0.29) is 12.5 Å². The number of anilines is 1. The number of hydrogen-bond acceptors (Lipinski definition) is 5. The molecule has 0 saturated carbocycles. The molecule has 1 fully saturated rings. The van der Waals surface area contributed by atoms with E-state index < -0.39 is 35.0 Å². The van der Waals surface area contributed by atoms with Gasteiger partial charge in [0.2, 0.25) is 5.91 Å². The van der Waals surface area contributed by atoms with E-state index in [9.17, 15) is 9.90 Å². The molecular weight excluding hydrogens is 614 g/mol. The van der Waals surface area contributed by atoms with Gasteiger partial charge in [-0.25, -0.2) is 4.79 Å². The minimum Gasteiger partial charge on any atom is -0.444 e. The van der Waals surface area contributed by atoms with Crippen LogP contribution in [0.2, 0.25) is 0 Å². The number of carbonyl (C=O) groups is 2. The van der Waals surface area contributed by atoms with Crippen molar-refractivity contribution in [2.24, 2.45) is 0 Å². The molecule has 1 aromatic heterocycles. The van der Waals surface area contributed by atoms with Crippen molar-refractivity contribution in [1.29, 1.82) is 0 Å². The molecule has 1 saturated heterocycles. The summed E-state index contributed by atoms with van der Waals surface area (Å²) in [7, 11) is 0. The molecule has 0 spiro atoms. The Hall–Kier alpha value is -4.92. The normalized spacial score (nSPS) is 20.9. The first-order valence-electron chi connectivity index (χ1n) is 16.8. The van der Waals surface area contributed by atoms with Gasteiger partial charge in [-0.1, -0.05) is 97.1 Å². The Kier molecular flexibility index (Phi) is 8.12. The molecule has 2 amide bonds. The molecular formula is C41H43N3O5. The van der Waals surface area contributed by atoms with Gasteiger partial charge in [-0.15, -0.1) is 0 Å². The quantitative estimate of drug-likeness (QED) is 0.199. The van der Waals surface area contributed by atoms with Crippen molar-refractivity contribution in [3.05, 3.63) is 138 Å². The lowest BCUT2D eigenvalue weighted by atomic mass is 9.68. The van der Waals surface area contributed by atoms with Crippen LogP contribution in [0.1, 0.15) is 56.9 Å². The minimum atomic E-state index is -1.60. The van der Waals surface area contributed by atoms with Gasteiger partial charge < -0.3 is 24.0 Å². The van der Waals surface area contributed by atoms with Crippen molar-refractivity contribution in [3.63, 3.8) is 0 Å². The molecule has 8 heteroatoms. The Balaban J connectivity index is 1.46. The van der Waals surface area contributed by atoms with E-state index in [1.807, 2.05) is 124 Å². The zero-order valence-electron chi connectivity index (χ0n) is 28.7. The van der Waals surface area contributed by atoms with Crippen LogP contribution in [0, 0.1) is 0 Å². The fraction of sp³-hybridized carbons (Fsp3) is 0.317. The van der Waals surface area contributed by atoms with Gasteiger partial charge in [0.1, 0.15) is 16.7 Å². The predicted molar refractivity (Wildman–Crippen MR) is 190 cm³/mol. The summed E-state index contributed by atoms with van der Waals surface area (Å²) in [6.45, 7) is 9.90. The van der Waals surface area contributed by atoms with Crippen LogP contribution in [0.25, 0.3) is 10.9 Å². The maximum atomic E-state index is 15.5. The van der Waals surface area contributed by atoms with Gasteiger partial charge in [0, 0.05) is 34.9 Å². The smallest absolute Gasteiger partial charge is 0.412 e. The van der Waals surface area contributed by atoms with Crippen molar-refractivity contribution in [1.82, 2.24) is 9.47 Å². The molecule has 7 rings (SSSR count). The van der Waals surface area contributed by atoms with Gasteiger partial charge in [0.15, 0.2) is 0 Å². The van der Waals surface area contributed by atoms with Gasteiger partial charge in [-0.05, 0) is 63.4 Å². The highest BCUT2D eigenvalue weighted by Gasteiger charge is 2.63. The van der Waals surface area contributed by atoms with Gasteiger partial charge in [0.25, 0.3) is 0 Å². The predicted octanol–water partition coefficient (Wildman–Crippen LogP) is 7.26. The number of aliphatic hydroxyl groups is 1. The van der Waals surface area contributed by atoms with Crippen LogP contribution < -0.4 is 4.90 Å². The minimum absolute atomic E-state index is 0.0198. The summed E-state index contributed by atoms with van der Waals surface area (Å²) in [5.41, 5.74) is 1.61. The lowest BCUT2D eigenvalue weighted by molar-refractivity contribution is -0.127. The van der Waals surface area contributed by atoms with Crippen LogP contribution >= 0.6 is 0 Å². The number of nitrogens with zero attached hydrogens (tertiary/aromatic N) is 3. The van der Waals surface area contributed by atoms with Gasteiger partial charge >= 0.3 is 6.09 Å². The number of aliphatic hydroxyl groups excluding tert-OH is 1. The standard InChI is InChI=1S/C41H43N3O5/c1-39(2,3)49-38(47)44-35(27-48-40(44,4)5)36(45)41(31-21-13-15-23-34(31)43(37(41)46)25-29-18-10-7-11-19-29)32-26-42(24-28-16-8-6-9-17-28)33-22-14-12-20-30(32)33/h6-23,26,35-36,45H,24-25,27H2,1-5H3/t35-,36-,41-/m0/s1. The highest BCUT2D eigenvalue weighted by atomic mass is 16.6. The monoisotopic (exact) mass is 657 g/mol. The molecule has 0 radical (unpaired) electrons. The number of fused-ring (bicyclic) bond motifs is 2. The molecule has 8 nitrogen and oxygen atoms in total. The number of amides is 2. The molecule has 2 aliphatic rings. The van der Waals surface area contributed by atoms with Crippen molar-refractivity contribution in [3.8, 4) is 0 Å².